The normalized spacial score (nSPS) is 10.3. The van der Waals surface area contributed by atoms with Crippen LogP contribution in [0.3, 0.4) is 0 Å². The lowest BCUT2D eigenvalue weighted by Gasteiger charge is -2.04. The van der Waals surface area contributed by atoms with Gasteiger partial charge in [0.05, 0.1) is 5.69 Å². The second kappa shape index (κ2) is 3.95. The Bertz CT molecular complexity index is 480. The minimum atomic E-state index is 0.260. The molecule has 0 saturated carbocycles. The highest BCUT2D eigenvalue weighted by Crippen LogP contribution is 2.20. The average Bonchev–Trinajstić information content (AvgIpc) is 2.23. The predicted octanol–water partition coefficient (Wildman–Crippen LogP) is 2.81. The maximum Gasteiger partial charge on any atom is 0.222 e. The van der Waals surface area contributed by atoms with Crippen LogP contribution in [0.5, 0.6) is 0 Å². The first kappa shape index (κ1) is 10.1. The lowest BCUT2D eigenvalue weighted by Crippen LogP contribution is -1.92. The van der Waals surface area contributed by atoms with Gasteiger partial charge in [-0.05, 0) is 43.1 Å². The van der Waals surface area contributed by atoms with Gasteiger partial charge in [0.25, 0.3) is 0 Å². The summed E-state index contributed by atoms with van der Waals surface area (Å²) in [5.74, 6) is 0. The van der Waals surface area contributed by atoms with Crippen LogP contribution in [0.1, 0.15) is 11.3 Å². The first-order valence-corrected chi connectivity index (χ1v) is 4.97. The van der Waals surface area contributed by atoms with Crippen molar-refractivity contribution in [3.05, 3.63) is 41.1 Å². The summed E-state index contributed by atoms with van der Waals surface area (Å²) in [5.41, 5.74) is 3.77. The predicted molar refractivity (Wildman–Crippen MR) is 59.7 cm³/mol. The molecule has 3 nitrogen and oxygen atoms in total. The highest BCUT2D eigenvalue weighted by Gasteiger charge is 2.05. The molecule has 0 N–H and O–H groups in total. The SMILES string of the molecule is Cc1ccc(-c2nc(Cl)ncc2C)cn1. The van der Waals surface area contributed by atoms with E-state index in [2.05, 4.69) is 15.0 Å². The summed E-state index contributed by atoms with van der Waals surface area (Å²) in [6, 6.07) is 3.93. The molecule has 4 heteroatoms. The fourth-order valence-electron chi connectivity index (χ4n) is 1.32. The van der Waals surface area contributed by atoms with Crippen LogP contribution in [0, 0.1) is 13.8 Å². The summed E-state index contributed by atoms with van der Waals surface area (Å²) in [7, 11) is 0. The lowest BCUT2D eigenvalue weighted by molar-refractivity contribution is 1.12. The molecule has 0 aliphatic rings. The van der Waals surface area contributed by atoms with Crippen molar-refractivity contribution in [2.45, 2.75) is 13.8 Å². The first-order chi connectivity index (χ1) is 7.16. The second-order valence-corrected chi connectivity index (χ2v) is 3.70. The average molecular weight is 220 g/mol. The van der Waals surface area contributed by atoms with Gasteiger partial charge in [-0.1, -0.05) is 0 Å². The van der Waals surface area contributed by atoms with E-state index in [1.807, 2.05) is 26.0 Å². The van der Waals surface area contributed by atoms with Gasteiger partial charge in [0.15, 0.2) is 0 Å². The van der Waals surface area contributed by atoms with Crippen molar-refractivity contribution in [3.8, 4) is 11.3 Å². The molecule has 0 aromatic carbocycles. The van der Waals surface area contributed by atoms with Gasteiger partial charge in [-0.3, -0.25) is 4.98 Å². The number of pyridine rings is 1. The van der Waals surface area contributed by atoms with Crippen LogP contribution in [0.4, 0.5) is 0 Å². The van der Waals surface area contributed by atoms with Crippen molar-refractivity contribution in [2.24, 2.45) is 0 Å². The van der Waals surface area contributed by atoms with Crippen molar-refractivity contribution >= 4 is 11.6 Å². The van der Waals surface area contributed by atoms with Gasteiger partial charge in [0.1, 0.15) is 0 Å². The molecule has 0 atom stereocenters. The summed E-state index contributed by atoms with van der Waals surface area (Å²) in [6.45, 7) is 3.90. The summed E-state index contributed by atoms with van der Waals surface area (Å²) >= 11 is 5.76. The van der Waals surface area contributed by atoms with Crippen molar-refractivity contribution in [3.63, 3.8) is 0 Å². The summed E-state index contributed by atoms with van der Waals surface area (Å²) < 4.78 is 0. The Morgan fingerprint density at radius 1 is 1.07 bits per heavy atom. The Balaban J connectivity index is 2.53. The molecule has 0 unspecified atom stereocenters. The number of hydrogen-bond acceptors (Lipinski definition) is 3. The smallest absolute Gasteiger partial charge is 0.222 e. The largest absolute Gasteiger partial charge is 0.261 e. The van der Waals surface area contributed by atoms with Crippen molar-refractivity contribution < 1.29 is 0 Å². The van der Waals surface area contributed by atoms with Crippen LogP contribution in [-0.2, 0) is 0 Å². The number of aromatic nitrogens is 3. The zero-order valence-electron chi connectivity index (χ0n) is 8.53. The molecule has 0 aliphatic heterocycles. The number of aryl methyl sites for hydroxylation is 2. The van der Waals surface area contributed by atoms with E-state index in [1.54, 1.807) is 12.4 Å². The molecule has 0 aliphatic carbocycles. The summed E-state index contributed by atoms with van der Waals surface area (Å²) in [4.78, 5) is 12.3. The van der Waals surface area contributed by atoms with Gasteiger partial charge in [-0.2, -0.15) is 0 Å². The minimum absolute atomic E-state index is 0.260. The Morgan fingerprint density at radius 2 is 1.87 bits per heavy atom. The third-order valence-corrected chi connectivity index (χ3v) is 2.31. The molecule has 2 aromatic heterocycles. The maximum absolute atomic E-state index is 5.76. The lowest BCUT2D eigenvalue weighted by atomic mass is 10.1. The molecule has 0 fully saturated rings. The number of rotatable bonds is 1. The zero-order chi connectivity index (χ0) is 10.8. The molecule has 0 amide bonds. The molecule has 0 saturated heterocycles. The molecule has 0 spiro atoms. The fraction of sp³-hybridized carbons (Fsp3) is 0.182. The van der Waals surface area contributed by atoms with Gasteiger partial charge in [-0.15, -0.1) is 0 Å². The molecule has 2 heterocycles. The van der Waals surface area contributed by atoms with E-state index in [9.17, 15) is 0 Å². The highest BCUT2D eigenvalue weighted by molar-refractivity contribution is 6.28. The third-order valence-electron chi connectivity index (χ3n) is 2.13. The monoisotopic (exact) mass is 219 g/mol. The quantitative estimate of drug-likeness (QED) is 0.693. The minimum Gasteiger partial charge on any atom is -0.261 e. The van der Waals surface area contributed by atoms with Crippen LogP contribution in [0.15, 0.2) is 24.5 Å². The standard InChI is InChI=1S/C11H10ClN3/c1-7-5-14-11(12)15-10(7)9-4-3-8(2)13-6-9/h3-6H,1-2H3. The van der Waals surface area contributed by atoms with Crippen LogP contribution in [0.2, 0.25) is 5.28 Å². The fourth-order valence-corrected chi connectivity index (χ4v) is 1.45. The van der Waals surface area contributed by atoms with Gasteiger partial charge in [0.2, 0.25) is 5.28 Å². The topological polar surface area (TPSA) is 38.7 Å². The number of halogens is 1. The molecule has 0 radical (unpaired) electrons. The summed E-state index contributed by atoms with van der Waals surface area (Å²) in [6.07, 6.45) is 3.51. The van der Waals surface area contributed by atoms with E-state index in [-0.39, 0.29) is 5.28 Å². The number of nitrogens with zero attached hydrogens (tertiary/aromatic N) is 3. The van der Waals surface area contributed by atoms with Gasteiger partial charge < -0.3 is 0 Å². The van der Waals surface area contributed by atoms with Gasteiger partial charge >= 0.3 is 0 Å². The van der Waals surface area contributed by atoms with Gasteiger partial charge in [0, 0.05) is 23.7 Å². The van der Waals surface area contributed by atoms with E-state index in [0.29, 0.717) is 0 Å². The highest BCUT2D eigenvalue weighted by atomic mass is 35.5. The Labute approximate surface area is 93.2 Å². The van der Waals surface area contributed by atoms with E-state index < -0.39 is 0 Å². The first-order valence-electron chi connectivity index (χ1n) is 4.59. The molecule has 76 valence electrons. The van der Waals surface area contributed by atoms with E-state index in [0.717, 1.165) is 22.5 Å². The van der Waals surface area contributed by atoms with E-state index in [4.69, 9.17) is 11.6 Å². The van der Waals surface area contributed by atoms with Crippen LogP contribution < -0.4 is 0 Å². The van der Waals surface area contributed by atoms with Crippen molar-refractivity contribution in [2.75, 3.05) is 0 Å². The molecule has 2 aromatic rings. The van der Waals surface area contributed by atoms with Crippen molar-refractivity contribution in [1.29, 1.82) is 0 Å². The third kappa shape index (κ3) is 2.13. The van der Waals surface area contributed by atoms with Crippen LogP contribution >= 0.6 is 11.6 Å². The van der Waals surface area contributed by atoms with Crippen molar-refractivity contribution in [1.82, 2.24) is 15.0 Å². The molecule has 2 rings (SSSR count). The molecular weight excluding hydrogens is 210 g/mol. The summed E-state index contributed by atoms with van der Waals surface area (Å²) in [5, 5.41) is 0.260. The van der Waals surface area contributed by atoms with E-state index in [1.165, 1.54) is 0 Å². The molecule has 0 bridgehead atoms. The Morgan fingerprint density at radius 3 is 2.53 bits per heavy atom. The van der Waals surface area contributed by atoms with Gasteiger partial charge in [-0.25, -0.2) is 9.97 Å². The number of hydrogen-bond donors (Lipinski definition) is 0. The maximum atomic E-state index is 5.76. The van der Waals surface area contributed by atoms with Crippen LogP contribution in [0.25, 0.3) is 11.3 Å². The second-order valence-electron chi connectivity index (χ2n) is 3.36. The molecular formula is C11H10ClN3. The zero-order valence-corrected chi connectivity index (χ0v) is 9.28. The Hall–Kier alpha value is -1.48. The molecule has 15 heavy (non-hydrogen) atoms. The van der Waals surface area contributed by atoms with E-state index >= 15 is 0 Å². The Kier molecular flexibility index (Phi) is 2.64. The van der Waals surface area contributed by atoms with Crippen LogP contribution in [-0.4, -0.2) is 15.0 Å².